The van der Waals surface area contributed by atoms with Gasteiger partial charge in [0.25, 0.3) is 0 Å². The third-order valence-corrected chi connectivity index (χ3v) is 3.22. The second kappa shape index (κ2) is 5.94. The molecule has 0 saturated carbocycles. The first kappa shape index (κ1) is 13.0. The van der Waals surface area contributed by atoms with Crippen LogP contribution in [0.25, 0.3) is 10.8 Å². The van der Waals surface area contributed by atoms with Crippen LogP contribution in [0, 0.1) is 11.8 Å². The lowest BCUT2D eigenvalue weighted by Crippen LogP contribution is -1.83. The van der Waals surface area contributed by atoms with Crippen LogP contribution in [0.3, 0.4) is 0 Å². The minimum Gasteiger partial charge on any atom is -0.411 e. The molecular weight excluding hydrogens is 258 g/mol. The number of oxime groups is 1. The lowest BCUT2D eigenvalue weighted by Gasteiger charge is -1.99. The zero-order valence-corrected chi connectivity index (χ0v) is 11.3. The summed E-state index contributed by atoms with van der Waals surface area (Å²) < 4.78 is 0. The van der Waals surface area contributed by atoms with Gasteiger partial charge in [-0.1, -0.05) is 65.5 Å². The summed E-state index contributed by atoms with van der Waals surface area (Å²) in [6.07, 6.45) is 1.39. The molecule has 100 valence electrons. The smallest absolute Gasteiger partial charge is 0.0734 e. The molecule has 1 N–H and O–H groups in total. The van der Waals surface area contributed by atoms with Crippen LogP contribution in [0.5, 0.6) is 0 Å². The number of fused-ring (bicyclic) bond motifs is 1. The quantitative estimate of drug-likeness (QED) is 0.308. The fraction of sp³-hybridized carbons (Fsp3) is 0. The van der Waals surface area contributed by atoms with Crippen molar-refractivity contribution in [2.24, 2.45) is 5.16 Å². The fourth-order valence-electron chi connectivity index (χ4n) is 2.24. The molecule has 0 amide bonds. The van der Waals surface area contributed by atoms with Crippen molar-refractivity contribution in [1.82, 2.24) is 0 Å². The van der Waals surface area contributed by atoms with Crippen molar-refractivity contribution in [2.45, 2.75) is 0 Å². The van der Waals surface area contributed by atoms with Crippen LogP contribution in [0.1, 0.15) is 16.7 Å². The highest BCUT2D eigenvalue weighted by atomic mass is 16.4. The van der Waals surface area contributed by atoms with Crippen molar-refractivity contribution in [3.05, 3.63) is 83.4 Å². The van der Waals surface area contributed by atoms with E-state index in [0.717, 1.165) is 22.1 Å². The number of rotatable bonds is 1. The Labute approximate surface area is 123 Å². The first-order valence-electron chi connectivity index (χ1n) is 6.64. The van der Waals surface area contributed by atoms with Gasteiger partial charge in [0.05, 0.1) is 6.21 Å². The highest BCUT2D eigenvalue weighted by Gasteiger charge is 1.96. The Kier molecular flexibility index (Phi) is 3.66. The molecule has 0 radical (unpaired) electrons. The van der Waals surface area contributed by atoms with Crippen LogP contribution < -0.4 is 0 Å². The molecule has 0 saturated heterocycles. The predicted octanol–water partition coefficient (Wildman–Crippen LogP) is 4.05. The van der Waals surface area contributed by atoms with Gasteiger partial charge in [-0.15, -0.1) is 0 Å². The Morgan fingerprint density at radius 3 is 2.57 bits per heavy atom. The molecule has 0 atom stereocenters. The molecular formula is C19H13NO. The van der Waals surface area contributed by atoms with Gasteiger partial charge in [-0.05, 0) is 34.5 Å². The van der Waals surface area contributed by atoms with Gasteiger partial charge in [-0.25, -0.2) is 0 Å². The van der Waals surface area contributed by atoms with Crippen LogP contribution >= 0.6 is 0 Å². The van der Waals surface area contributed by atoms with Gasteiger partial charge in [0.15, 0.2) is 0 Å². The zero-order valence-electron chi connectivity index (χ0n) is 11.3. The second-order valence-electron chi connectivity index (χ2n) is 4.65. The lowest BCUT2D eigenvalue weighted by atomic mass is 10.0. The van der Waals surface area contributed by atoms with E-state index >= 15 is 0 Å². The van der Waals surface area contributed by atoms with Gasteiger partial charge in [-0.2, -0.15) is 0 Å². The molecule has 0 bridgehead atoms. The van der Waals surface area contributed by atoms with E-state index < -0.39 is 0 Å². The molecule has 0 heterocycles. The van der Waals surface area contributed by atoms with E-state index in [1.807, 2.05) is 48.5 Å². The summed E-state index contributed by atoms with van der Waals surface area (Å²) in [5, 5.41) is 13.9. The van der Waals surface area contributed by atoms with Crippen molar-refractivity contribution >= 4 is 17.0 Å². The molecule has 0 spiro atoms. The molecule has 0 aromatic heterocycles. The molecule has 0 aliphatic carbocycles. The predicted molar refractivity (Wildman–Crippen MR) is 85.8 cm³/mol. The Hall–Kier alpha value is -3.05. The van der Waals surface area contributed by atoms with E-state index in [9.17, 15) is 0 Å². The van der Waals surface area contributed by atoms with Gasteiger partial charge in [0.2, 0.25) is 0 Å². The SMILES string of the molecule is ON=Cc1cccc(C#Cc2cccc3ccccc23)c1. The minimum atomic E-state index is 0.821. The Morgan fingerprint density at radius 2 is 1.67 bits per heavy atom. The molecule has 2 nitrogen and oxygen atoms in total. The Bertz CT molecular complexity index is 864. The molecule has 3 aromatic rings. The molecule has 3 aromatic carbocycles. The number of nitrogens with zero attached hydrogens (tertiary/aromatic N) is 1. The fourth-order valence-corrected chi connectivity index (χ4v) is 2.24. The van der Waals surface area contributed by atoms with E-state index in [2.05, 4.69) is 35.2 Å². The average molecular weight is 271 g/mol. The lowest BCUT2D eigenvalue weighted by molar-refractivity contribution is 0.322. The van der Waals surface area contributed by atoms with E-state index in [4.69, 9.17) is 5.21 Å². The maximum atomic E-state index is 8.57. The molecule has 0 fully saturated rings. The molecule has 3 rings (SSSR count). The molecule has 0 unspecified atom stereocenters. The highest BCUT2D eigenvalue weighted by molar-refractivity contribution is 5.88. The van der Waals surface area contributed by atoms with Crippen LogP contribution in [-0.2, 0) is 0 Å². The first-order valence-corrected chi connectivity index (χ1v) is 6.64. The third kappa shape index (κ3) is 2.93. The molecule has 0 aliphatic heterocycles. The van der Waals surface area contributed by atoms with Gasteiger partial charge >= 0.3 is 0 Å². The maximum Gasteiger partial charge on any atom is 0.0734 e. The number of benzene rings is 3. The summed E-state index contributed by atoms with van der Waals surface area (Å²) in [6, 6.07) is 21.9. The highest BCUT2D eigenvalue weighted by Crippen LogP contribution is 2.17. The summed E-state index contributed by atoms with van der Waals surface area (Å²) in [7, 11) is 0. The summed E-state index contributed by atoms with van der Waals surface area (Å²) in [6.45, 7) is 0. The van der Waals surface area contributed by atoms with Gasteiger partial charge < -0.3 is 5.21 Å². The van der Waals surface area contributed by atoms with Crippen molar-refractivity contribution < 1.29 is 5.21 Å². The van der Waals surface area contributed by atoms with E-state index in [1.165, 1.54) is 11.6 Å². The van der Waals surface area contributed by atoms with Crippen molar-refractivity contribution in [1.29, 1.82) is 0 Å². The monoisotopic (exact) mass is 271 g/mol. The van der Waals surface area contributed by atoms with Crippen LogP contribution in [0.4, 0.5) is 0 Å². The standard InChI is InChI=1S/C19H13NO/c21-20-14-16-6-3-5-15(13-16)11-12-18-9-4-8-17-7-1-2-10-19(17)18/h1-10,13-14,21H. The summed E-state index contributed by atoms with van der Waals surface area (Å²) in [5.41, 5.74) is 2.72. The average Bonchev–Trinajstić information content (AvgIpc) is 2.53. The zero-order chi connectivity index (χ0) is 14.5. The van der Waals surface area contributed by atoms with Crippen LogP contribution in [0.15, 0.2) is 71.9 Å². The van der Waals surface area contributed by atoms with Crippen LogP contribution in [0.2, 0.25) is 0 Å². The van der Waals surface area contributed by atoms with Crippen molar-refractivity contribution in [3.63, 3.8) is 0 Å². The molecule has 0 aliphatic rings. The molecule has 21 heavy (non-hydrogen) atoms. The summed E-state index contributed by atoms with van der Waals surface area (Å²) >= 11 is 0. The van der Waals surface area contributed by atoms with Crippen LogP contribution in [-0.4, -0.2) is 11.4 Å². The van der Waals surface area contributed by atoms with Crippen molar-refractivity contribution in [3.8, 4) is 11.8 Å². The largest absolute Gasteiger partial charge is 0.411 e. The van der Waals surface area contributed by atoms with Gasteiger partial charge in [0.1, 0.15) is 0 Å². The van der Waals surface area contributed by atoms with Crippen molar-refractivity contribution in [2.75, 3.05) is 0 Å². The van der Waals surface area contributed by atoms with E-state index in [-0.39, 0.29) is 0 Å². The summed E-state index contributed by atoms with van der Waals surface area (Å²) in [4.78, 5) is 0. The Balaban J connectivity index is 2.02. The summed E-state index contributed by atoms with van der Waals surface area (Å²) in [5.74, 6) is 6.37. The number of hydrogen-bond donors (Lipinski definition) is 1. The topological polar surface area (TPSA) is 32.6 Å². The number of hydrogen-bond acceptors (Lipinski definition) is 2. The van der Waals surface area contributed by atoms with E-state index in [0.29, 0.717) is 0 Å². The normalized spacial score (nSPS) is 10.5. The van der Waals surface area contributed by atoms with Gasteiger partial charge in [0, 0.05) is 11.1 Å². The molecule has 2 heteroatoms. The second-order valence-corrected chi connectivity index (χ2v) is 4.65. The van der Waals surface area contributed by atoms with E-state index in [1.54, 1.807) is 0 Å². The van der Waals surface area contributed by atoms with Gasteiger partial charge in [-0.3, -0.25) is 0 Å². The third-order valence-electron chi connectivity index (χ3n) is 3.22. The minimum absolute atomic E-state index is 0.821. The first-order chi connectivity index (χ1) is 10.4. The Morgan fingerprint density at radius 1 is 0.857 bits per heavy atom. The maximum absolute atomic E-state index is 8.57.